The minimum absolute atomic E-state index is 0.0903. The van der Waals surface area contributed by atoms with Gasteiger partial charge in [-0.25, -0.2) is 15.0 Å². The third-order valence-corrected chi connectivity index (χ3v) is 5.27. The molecule has 0 atom stereocenters. The molecule has 0 aliphatic carbocycles. The monoisotopic (exact) mass is 359 g/mol. The molecule has 1 N–H and O–H groups in total. The molecule has 0 aromatic carbocycles. The van der Waals surface area contributed by atoms with Crippen LogP contribution in [0, 0.1) is 0 Å². The molecule has 0 radical (unpaired) electrons. The maximum atomic E-state index is 12.1. The summed E-state index contributed by atoms with van der Waals surface area (Å²) in [7, 11) is 0. The molecule has 0 bridgehead atoms. The van der Waals surface area contributed by atoms with Crippen molar-refractivity contribution in [2.45, 2.75) is 45.1 Å². The molecule has 134 valence electrons. The minimum atomic E-state index is 0.0903. The van der Waals surface area contributed by atoms with E-state index in [1.54, 1.807) is 18.5 Å². The largest absolute Gasteiger partial charge is 0.350 e. The Balaban J connectivity index is 1.41. The van der Waals surface area contributed by atoms with E-state index in [4.69, 9.17) is 0 Å². The van der Waals surface area contributed by atoms with Crippen LogP contribution in [0.2, 0.25) is 0 Å². The van der Waals surface area contributed by atoms with Crippen LogP contribution in [0.4, 0.5) is 0 Å². The second kappa shape index (κ2) is 9.58. The van der Waals surface area contributed by atoms with E-state index in [-0.39, 0.29) is 5.91 Å². The molecule has 0 unspecified atom stereocenters. The van der Waals surface area contributed by atoms with Crippen molar-refractivity contribution in [3.63, 3.8) is 0 Å². The summed E-state index contributed by atoms with van der Waals surface area (Å²) >= 11 is 1.50. The Hall–Kier alpha value is -1.86. The zero-order valence-corrected chi connectivity index (χ0v) is 15.3. The second-order valence-corrected chi connectivity index (χ2v) is 7.21. The van der Waals surface area contributed by atoms with Gasteiger partial charge in [-0.1, -0.05) is 19.3 Å². The van der Waals surface area contributed by atoms with Gasteiger partial charge in [-0.2, -0.15) is 0 Å². The summed E-state index contributed by atoms with van der Waals surface area (Å²) in [6.07, 6.45) is 10.5. The van der Waals surface area contributed by atoms with Gasteiger partial charge in [0.15, 0.2) is 10.8 Å². The maximum Gasteiger partial charge on any atom is 0.221 e. The van der Waals surface area contributed by atoms with Crippen molar-refractivity contribution in [1.82, 2.24) is 25.2 Å². The summed E-state index contributed by atoms with van der Waals surface area (Å²) in [5, 5.41) is 5.70. The van der Waals surface area contributed by atoms with Crippen LogP contribution < -0.4 is 5.32 Å². The molecular weight excluding hydrogens is 334 g/mol. The first-order valence-corrected chi connectivity index (χ1v) is 9.90. The third-order valence-electron chi connectivity index (χ3n) is 4.38. The van der Waals surface area contributed by atoms with E-state index in [2.05, 4.69) is 25.2 Å². The number of aromatic nitrogens is 3. The number of carbonyl (C=O) groups excluding carboxylic acids is 1. The molecule has 25 heavy (non-hydrogen) atoms. The van der Waals surface area contributed by atoms with Gasteiger partial charge in [0.05, 0.1) is 12.2 Å². The summed E-state index contributed by atoms with van der Waals surface area (Å²) in [5.41, 5.74) is 0.854. The highest BCUT2D eigenvalue weighted by Gasteiger charge is 2.11. The Morgan fingerprint density at radius 1 is 1.12 bits per heavy atom. The smallest absolute Gasteiger partial charge is 0.221 e. The highest BCUT2D eigenvalue weighted by Crippen LogP contribution is 2.19. The first kappa shape index (κ1) is 17.9. The number of likely N-dealkylation sites (tertiary alicyclic amines) is 1. The van der Waals surface area contributed by atoms with E-state index in [1.807, 2.05) is 5.38 Å². The topological polar surface area (TPSA) is 71.0 Å². The molecule has 2 aromatic heterocycles. The van der Waals surface area contributed by atoms with Crippen LogP contribution >= 0.6 is 11.3 Å². The third kappa shape index (κ3) is 5.86. The average Bonchev–Trinajstić information content (AvgIpc) is 3.09. The summed E-state index contributed by atoms with van der Waals surface area (Å²) in [6.45, 7) is 3.56. The Bertz CT molecular complexity index is 652. The van der Waals surface area contributed by atoms with Gasteiger partial charge in [0.1, 0.15) is 0 Å². The SMILES string of the molecule is O=C(CCN1CCCCCCC1)NCc1csc(-c2ncccn2)n1. The van der Waals surface area contributed by atoms with Gasteiger partial charge >= 0.3 is 0 Å². The van der Waals surface area contributed by atoms with Crippen molar-refractivity contribution in [3.8, 4) is 10.8 Å². The molecule has 3 rings (SSSR count). The number of hydrogen-bond acceptors (Lipinski definition) is 6. The van der Waals surface area contributed by atoms with Gasteiger partial charge in [0.25, 0.3) is 0 Å². The fourth-order valence-electron chi connectivity index (χ4n) is 2.97. The Labute approximate surface area is 152 Å². The van der Waals surface area contributed by atoms with Crippen molar-refractivity contribution in [2.24, 2.45) is 0 Å². The Kier molecular flexibility index (Phi) is 6.88. The average molecular weight is 359 g/mol. The van der Waals surface area contributed by atoms with Crippen LogP contribution in [0.1, 0.15) is 44.2 Å². The number of nitrogens with one attached hydrogen (secondary N) is 1. The standard InChI is InChI=1S/C18H25N5OS/c24-16(7-12-23-10-4-2-1-3-5-11-23)21-13-15-14-25-18(22-15)17-19-8-6-9-20-17/h6,8-9,14H,1-5,7,10-13H2,(H,21,24). The number of rotatable bonds is 6. The molecule has 1 fully saturated rings. The first-order valence-electron chi connectivity index (χ1n) is 9.02. The lowest BCUT2D eigenvalue weighted by Crippen LogP contribution is -2.32. The number of thiazole rings is 1. The maximum absolute atomic E-state index is 12.1. The van der Waals surface area contributed by atoms with Crippen molar-refractivity contribution < 1.29 is 4.79 Å². The van der Waals surface area contributed by atoms with Crippen molar-refractivity contribution in [1.29, 1.82) is 0 Å². The summed E-state index contributed by atoms with van der Waals surface area (Å²) in [4.78, 5) is 27.4. The second-order valence-electron chi connectivity index (χ2n) is 6.35. The van der Waals surface area contributed by atoms with Gasteiger partial charge in [-0.15, -0.1) is 11.3 Å². The van der Waals surface area contributed by atoms with Crippen LogP contribution in [-0.4, -0.2) is 45.4 Å². The van der Waals surface area contributed by atoms with E-state index < -0.39 is 0 Å². The molecule has 1 aliphatic rings. The van der Waals surface area contributed by atoms with Crippen molar-refractivity contribution in [2.75, 3.05) is 19.6 Å². The Morgan fingerprint density at radius 3 is 2.60 bits per heavy atom. The van der Waals surface area contributed by atoms with Gasteiger partial charge in [0, 0.05) is 30.7 Å². The molecule has 1 aliphatic heterocycles. The normalized spacial score (nSPS) is 16.2. The number of nitrogens with zero attached hydrogens (tertiary/aromatic N) is 4. The van der Waals surface area contributed by atoms with E-state index in [0.29, 0.717) is 18.8 Å². The van der Waals surface area contributed by atoms with E-state index in [1.165, 1.54) is 43.4 Å². The van der Waals surface area contributed by atoms with E-state index in [9.17, 15) is 4.79 Å². The fraction of sp³-hybridized carbons (Fsp3) is 0.556. The van der Waals surface area contributed by atoms with Crippen molar-refractivity contribution in [3.05, 3.63) is 29.5 Å². The Morgan fingerprint density at radius 2 is 1.84 bits per heavy atom. The lowest BCUT2D eigenvalue weighted by molar-refractivity contribution is -0.121. The van der Waals surface area contributed by atoms with Crippen LogP contribution in [0.5, 0.6) is 0 Å². The predicted octanol–water partition coefficient (Wildman–Crippen LogP) is 2.87. The molecular formula is C18H25N5OS. The highest BCUT2D eigenvalue weighted by atomic mass is 32.1. The summed E-state index contributed by atoms with van der Waals surface area (Å²) < 4.78 is 0. The van der Waals surface area contributed by atoms with Gasteiger partial charge in [-0.05, 0) is 32.0 Å². The van der Waals surface area contributed by atoms with Crippen LogP contribution in [-0.2, 0) is 11.3 Å². The molecule has 3 heterocycles. The zero-order valence-electron chi connectivity index (χ0n) is 14.5. The molecule has 6 nitrogen and oxygen atoms in total. The molecule has 1 amide bonds. The summed E-state index contributed by atoms with van der Waals surface area (Å²) in [5.74, 6) is 0.717. The zero-order chi connectivity index (χ0) is 17.3. The van der Waals surface area contributed by atoms with E-state index >= 15 is 0 Å². The lowest BCUT2D eigenvalue weighted by Gasteiger charge is -2.24. The van der Waals surface area contributed by atoms with Gasteiger partial charge < -0.3 is 10.2 Å². The van der Waals surface area contributed by atoms with Crippen LogP contribution in [0.15, 0.2) is 23.8 Å². The molecule has 1 saturated heterocycles. The van der Waals surface area contributed by atoms with Crippen LogP contribution in [0.3, 0.4) is 0 Å². The number of hydrogen-bond donors (Lipinski definition) is 1. The minimum Gasteiger partial charge on any atom is -0.350 e. The van der Waals surface area contributed by atoms with Crippen molar-refractivity contribution >= 4 is 17.2 Å². The first-order chi connectivity index (χ1) is 12.3. The summed E-state index contributed by atoms with van der Waals surface area (Å²) in [6, 6.07) is 1.78. The van der Waals surface area contributed by atoms with Gasteiger partial charge in [0.2, 0.25) is 5.91 Å². The van der Waals surface area contributed by atoms with Crippen LogP contribution in [0.25, 0.3) is 10.8 Å². The molecule has 0 saturated carbocycles. The van der Waals surface area contributed by atoms with E-state index in [0.717, 1.165) is 30.3 Å². The molecule has 0 spiro atoms. The lowest BCUT2D eigenvalue weighted by atomic mass is 10.1. The number of carbonyl (C=O) groups is 1. The molecule has 7 heteroatoms. The van der Waals surface area contributed by atoms with Gasteiger partial charge in [-0.3, -0.25) is 4.79 Å². The number of amides is 1. The highest BCUT2D eigenvalue weighted by molar-refractivity contribution is 7.13. The predicted molar refractivity (Wildman–Crippen MR) is 99.1 cm³/mol. The molecule has 2 aromatic rings. The quantitative estimate of drug-likeness (QED) is 0.859. The fourth-order valence-corrected chi connectivity index (χ4v) is 3.74.